The lowest BCUT2D eigenvalue weighted by molar-refractivity contribution is -0.126. The van der Waals surface area contributed by atoms with E-state index in [9.17, 15) is 4.79 Å². The van der Waals surface area contributed by atoms with Gasteiger partial charge in [0.1, 0.15) is 5.70 Å². The molecule has 0 saturated carbocycles. The van der Waals surface area contributed by atoms with E-state index >= 15 is 0 Å². The molecule has 2 aromatic rings. The van der Waals surface area contributed by atoms with Crippen LogP contribution in [0.3, 0.4) is 0 Å². The number of piperidine rings is 1. The van der Waals surface area contributed by atoms with Crippen LogP contribution < -0.4 is 0 Å². The van der Waals surface area contributed by atoms with Gasteiger partial charge in [-0.25, -0.2) is 0 Å². The topological polar surface area (TPSA) is 63.9 Å². The summed E-state index contributed by atoms with van der Waals surface area (Å²) < 4.78 is 1.52. The van der Waals surface area contributed by atoms with Crippen molar-refractivity contribution in [2.45, 2.75) is 26.7 Å². The highest BCUT2D eigenvalue weighted by Gasteiger charge is 2.25. The number of carbonyl (C=O) groups is 1. The molecular weight excluding hydrogens is 290 g/mol. The predicted molar refractivity (Wildman–Crippen MR) is 88.1 cm³/mol. The molecule has 0 radical (unpaired) electrons. The standard InChI is InChI=1S/C17H21N5O/c1-13-8-10-21(11-9-13)17(23)16(22-14(2)18-19-20-22)12-15-6-4-3-5-7-15/h3-7,12-13H,8-11H2,1-2H3/b16-12-. The quantitative estimate of drug-likeness (QED) is 0.816. The number of benzene rings is 1. The van der Waals surface area contributed by atoms with Crippen molar-refractivity contribution in [3.8, 4) is 0 Å². The first-order valence-corrected chi connectivity index (χ1v) is 7.96. The van der Waals surface area contributed by atoms with Crippen LogP contribution in [0.2, 0.25) is 0 Å². The number of rotatable bonds is 3. The normalized spacial score (nSPS) is 16.6. The Hall–Kier alpha value is -2.50. The van der Waals surface area contributed by atoms with Crippen LogP contribution in [0.25, 0.3) is 11.8 Å². The van der Waals surface area contributed by atoms with Gasteiger partial charge in [0.15, 0.2) is 5.82 Å². The van der Waals surface area contributed by atoms with Crippen LogP contribution >= 0.6 is 0 Å². The van der Waals surface area contributed by atoms with Crippen molar-refractivity contribution in [1.29, 1.82) is 0 Å². The molecule has 23 heavy (non-hydrogen) atoms. The number of tetrazole rings is 1. The van der Waals surface area contributed by atoms with Crippen molar-refractivity contribution in [2.24, 2.45) is 5.92 Å². The van der Waals surface area contributed by atoms with E-state index < -0.39 is 0 Å². The maximum Gasteiger partial charge on any atom is 0.272 e. The molecule has 1 aliphatic heterocycles. The van der Waals surface area contributed by atoms with Gasteiger partial charge in [0, 0.05) is 13.1 Å². The summed E-state index contributed by atoms with van der Waals surface area (Å²) in [5.41, 5.74) is 1.45. The Kier molecular flexibility index (Phi) is 4.50. The number of likely N-dealkylation sites (tertiary alicyclic amines) is 1. The molecule has 0 unspecified atom stereocenters. The van der Waals surface area contributed by atoms with Crippen LogP contribution in [0.15, 0.2) is 30.3 Å². The summed E-state index contributed by atoms with van der Waals surface area (Å²) in [5.74, 6) is 1.26. The first-order chi connectivity index (χ1) is 11.1. The van der Waals surface area contributed by atoms with Gasteiger partial charge in [0.25, 0.3) is 5.91 Å². The SMILES string of the molecule is Cc1nnnn1/C(=C\c1ccccc1)C(=O)N1CCC(C)CC1. The number of amides is 1. The number of hydrogen-bond acceptors (Lipinski definition) is 4. The summed E-state index contributed by atoms with van der Waals surface area (Å²) in [6.07, 6.45) is 3.93. The fourth-order valence-electron chi connectivity index (χ4n) is 2.75. The Morgan fingerprint density at radius 1 is 1.22 bits per heavy atom. The van der Waals surface area contributed by atoms with Crippen LogP contribution in [-0.4, -0.2) is 44.1 Å². The van der Waals surface area contributed by atoms with Gasteiger partial charge in [-0.15, -0.1) is 5.10 Å². The molecule has 6 heteroatoms. The van der Waals surface area contributed by atoms with Crippen LogP contribution in [0.5, 0.6) is 0 Å². The zero-order chi connectivity index (χ0) is 16.2. The van der Waals surface area contributed by atoms with E-state index in [0.717, 1.165) is 31.5 Å². The minimum absolute atomic E-state index is 0.0175. The van der Waals surface area contributed by atoms with Crippen molar-refractivity contribution in [1.82, 2.24) is 25.1 Å². The highest BCUT2D eigenvalue weighted by atomic mass is 16.2. The molecule has 0 bridgehead atoms. The van der Waals surface area contributed by atoms with E-state index in [4.69, 9.17) is 0 Å². The number of nitrogens with zero attached hydrogens (tertiary/aromatic N) is 5. The predicted octanol–water partition coefficient (Wildman–Crippen LogP) is 2.24. The summed E-state index contributed by atoms with van der Waals surface area (Å²) >= 11 is 0. The average molecular weight is 311 g/mol. The number of hydrogen-bond donors (Lipinski definition) is 0. The van der Waals surface area contributed by atoms with Crippen molar-refractivity contribution in [3.05, 3.63) is 41.7 Å². The maximum atomic E-state index is 13.0. The molecule has 2 heterocycles. The average Bonchev–Trinajstić information content (AvgIpc) is 2.99. The summed E-state index contributed by atoms with van der Waals surface area (Å²) in [4.78, 5) is 14.9. The zero-order valence-corrected chi connectivity index (χ0v) is 13.5. The van der Waals surface area contributed by atoms with Gasteiger partial charge < -0.3 is 4.90 Å². The molecular formula is C17H21N5O. The van der Waals surface area contributed by atoms with Crippen molar-refractivity contribution >= 4 is 17.7 Å². The largest absolute Gasteiger partial charge is 0.337 e. The second kappa shape index (κ2) is 6.73. The number of carbonyl (C=O) groups excluding carboxylic acids is 1. The lowest BCUT2D eigenvalue weighted by atomic mass is 9.99. The van der Waals surface area contributed by atoms with Crippen molar-refractivity contribution < 1.29 is 4.79 Å². The number of aryl methyl sites for hydroxylation is 1. The van der Waals surface area contributed by atoms with E-state index in [1.54, 1.807) is 6.92 Å². The molecule has 1 amide bonds. The molecule has 3 rings (SSSR count). The Labute approximate surface area is 135 Å². The van der Waals surface area contributed by atoms with E-state index in [0.29, 0.717) is 17.4 Å². The molecule has 6 nitrogen and oxygen atoms in total. The van der Waals surface area contributed by atoms with E-state index in [2.05, 4.69) is 22.4 Å². The third-order valence-corrected chi connectivity index (χ3v) is 4.25. The highest BCUT2D eigenvalue weighted by molar-refractivity contribution is 6.18. The van der Waals surface area contributed by atoms with Crippen LogP contribution in [0.4, 0.5) is 0 Å². The molecule has 1 fully saturated rings. The third-order valence-electron chi connectivity index (χ3n) is 4.25. The molecule has 0 aliphatic carbocycles. The number of aromatic nitrogens is 4. The Morgan fingerprint density at radius 3 is 2.52 bits per heavy atom. The fourth-order valence-corrected chi connectivity index (χ4v) is 2.75. The van der Waals surface area contributed by atoms with Gasteiger partial charge in [0.2, 0.25) is 0 Å². The summed E-state index contributed by atoms with van der Waals surface area (Å²) in [6, 6.07) is 9.77. The lowest BCUT2D eigenvalue weighted by Gasteiger charge is -2.30. The molecule has 120 valence electrons. The van der Waals surface area contributed by atoms with Gasteiger partial charge in [-0.05, 0) is 47.7 Å². The molecule has 1 saturated heterocycles. The molecule has 1 aromatic carbocycles. The summed E-state index contributed by atoms with van der Waals surface area (Å²) in [7, 11) is 0. The molecule has 0 atom stereocenters. The molecule has 0 spiro atoms. The minimum atomic E-state index is -0.0175. The van der Waals surface area contributed by atoms with Crippen molar-refractivity contribution in [3.63, 3.8) is 0 Å². The van der Waals surface area contributed by atoms with Crippen LogP contribution in [0, 0.1) is 12.8 Å². The first kappa shape index (κ1) is 15.4. The Balaban J connectivity index is 1.94. The van der Waals surface area contributed by atoms with Gasteiger partial charge in [-0.1, -0.05) is 37.3 Å². The third kappa shape index (κ3) is 3.47. The summed E-state index contributed by atoms with van der Waals surface area (Å²) in [5, 5.41) is 11.6. The lowest BCUT2D eigenvalue weighted by Crippen LogP contribution is -2.39. The van der Waals surface area contributed by atoms with E-state index in [-0.39, 0.29) is 5.91 Å². The van der Waals surface area contributed by atoms with Gasteiger partial charge >= 0.3 is 0 Å². The second-order valence-electron chi connectivity index (χ2n) is 6.05. The zero-order valence-electron chi connectivity index (χ0n) is 13.5. The van der Waals surface area contributed by atoms with Gasteiger partial charge in [-0.2, -0.15) is 4.68 Å². The Bertz CT molecular complexity index is 699. The first-order valence-electron chi connectivity index (χ1n) is 7.96. The van der Waals surface area contributed by atoms with Gasteiger partial charge in [-0.3, -0.25) is 4.79 Å². The Morgan fingerprint density at radius 2 is 1.91 bits per heavy atom. The molecule has 1 aromatic heterocycles. The summed E-state index contributed by atoms with van der Waals surface area (Å²) in [6.45, 7) is 5.60. The maximum absolute atomic E-state index is 13.0. The second-order valence-corrected chi connectivity index (χ2v) is 6.05. The monoisotopic (exact) mass is 311 g/mol. The highest BCUT2D eigenvalue weighted by Crippen LogP contribution is 2.21. The van der Waals surface area contributed by atoms with Crippen LogP contribution in [-0.2, 0) is 4.79 Å². The van der Waals surface area contributed by atoms with E-state index in [1.807, 2.05) is 41.3 Å². The van der Waals surface area contributed by atoms with Crippen molar-refractivity contribution in [2.75, 3.05) is 13.1 Å². The molecule has 1 aliphatic rings. The molecule has 0 N–H and O–H groups in total. The van der Waals surface area contributed by atoms with E-state index in [1.165, 1.54) is 4.68 Å². The fraction of sp³-hybridized carbons (Fsp3) is 0.412. The smallest absolute Gasteiger partial charge is 0.272 e. The van der Waals surface area contributed by atoms with Gasteiger partial charge in [0.05, 0.1) is 0 Å². The van der Waals surface area contributed by atoms with Crippen LogP contribution in [0.1, 0.15) is 31.2 Å². The minimum Gasteiger partial charge on any atom is -0.337 e.